The molecule has 0 spiro atoms. The van der Waals surface area contributed by atoms with Crippen LogP contribution in [0.5, 0.6) is 0 Å². The third kappa shape index (κ3) is 5.66. The van der Waals surface area contributed by atoms with E-state index in [1.807, 2.05) is 47.4 Å². The van der Waals surface area contributed by atoms with Gasteiger partial charge in [-0.2, -0.15) is 0 Å². The van der Waals surface area contributed by atoms with Crippen LogP contribution in [0, 0.1) is 6.92 Å². The van der Waals surface area contributed by atoms with E-state index in [0.29, 0.717) is 17.9 Å². The first kappa shape index (κ1) is 23.1. The minimum atomic E-state index is -0.0786. The van der Waals surface area contributed by atoms with Crippen molar-refractivity contribution in [1.29, 1.82) is 0 Å². The summed E-state index contributed by atoms with van der Waals surface area (Å²) in [7, 11) is 0. The van der Waals surface area contributed by atoms with Crippen molar-refractivity contribution in [3.8, 4) is 0 Å². The molecule has 5 heteroatoms. The fourth-order valence-corrected chi connectivity index (χ4v) is 5.35. The molecule has 1 heterocycles. The molecule has 1 N–H and O–H groups in total. The molecule has 0 aromatic heterocycles. The number of rotatable bonds is 8. The lowest BCUT2D eigenvalue weighted by atomic mass is 10.0. The third-order valence-corrected chi connectivity index (χ3v) is 7.36. The zero-order valence-electron chi connectivity index (χ0n) is 19.2. The van der Waals surface area contributed by atoms with Crippen LogP contribution in [0.1, 0.15) is 57.4 Å². The Morgan fingerprint density at radius 2 is 1.73 bits per heavy atom. The molecule has 3 aromatic rings. The lowest BCUT2D eigenvalue weighted by molar-refractivity contribution is -0.128. The molecule has 0 radical (unpaired) electrons. The fourth-order valence-electron chi connectivity index (χ4n) is 4.13. The van der Waals surface area contributed by atoms with E-state index < -0.39 is 0 Å². The highest BCUT2D eigenvalue weighted by Crippen LogP contribution is 2.38. The zero-order chi connectivity index (χ0) is 23.2. The highest BCUT2D eigenvalue weighted by Gasteiger charge is 2.32. The molecule has 1 fully saturated rings. The first-order chi connectivity index (χ1) is 16.0. The van der Waals surface area contributed by atoms with Crippen LogP contribution in [-0.4, -0.2) is 29.0 Å². The molecular weight excluding hydrogens is 428 g/mol. The maximum absolute atomic E-state index is 12.9. The standard InChI is InChI=1S/C28H30N2O2S/c1-3-25(22-11-9-20(2)10-12-22)29-27(32)23-13-15-24(16-14-23)28-30(26(31)19-33-28)18-17-21-7-5-4-6-8-21/h4-16,25,28H,3,17-19H2,1-2H3,(H,29,32)/t25-,28+/m1/s1. The van der Waals surface area contributed by atoms with Gasteiger partial charge in [0.25, 0.3) is 5.91 Å². The van der Waals surface area contributed by atoms with Gasteiger partial charge in [-0.05, 0) is 48.6 Å². The van der Waals surface area contributed by atoms with E-state index in [-0.39, 0.29) is 23.2 Å². The monoisotopic (exact) mass is 458 g/mol. The normalized spacial score (nSPS) is 16.6. The van der Waals surface area contributed by atoms with Gasteiger partial charge in [0.1, 0.15) is 5.37 Å². The number of hydrogen-bond acceptors (Lipinski definition) is 3. The summed E-state index contributed by atoms with van der Waals surface area (Å²) in [6.45, 7) is 4.83. The summed E-state index contributed by atoms with van der Waals surface area (Å²) in [6.07, 6.45) is 1.66. The number of amides is 2. The van der Waals surface area contributed by atoms with E-state index in [1.165, 1.54) is 11.1 Å². The number of nitrogens with zero attached hydrogens (tertiary/aromatic N) is 1. The molecule has 0 bridgehead atoms. The predicted molar refractivity (Wildman–Crippen MR) is 135 cm³/mol. The first-order valence-electron chi connectivity index (χ1n) is 11.5. The molecule has 4 rings (SSSR count). The maximum atomic E-state index is 12.9. The number of aryl methyl sites for hydroxylation is 1. The van der Waals surface area contributed by atoms with Crippen LogP contribution >= 0.6 is 11.8 Å². The molecular formula is C28H30N2O2S. The molecule has 33 heavy (non-hydrogen) atoms. The summed E-state index contributed by atoms with van der Waals surface area (Å²) in [6, 6.07) is 26.2. The van der Waals surface area contributed by atoms with E-state index in [1.54, 1.807) is 11.8 Å². The predicted octanol–water partition coefficient (Wildman–Crippen LogP) is 5.69. The number of thioether (sulfide) groups is 1. The molecule has 2 atom stereocenters. The number of nitrogens with one attached hydrogen (secondary N) is 1. The van der Waals surface area contributed by atoms with Crippen LogP contribution in [0.25, 0.3) is 0 Å². The lowest BCUT2D eigenvalue weighted by Gasteiger charge is -2.24. The molecule has 1 saturated heterocycles. The highest BCUT2D eigenvalue weighted by molar-refractivity contribution is 8.00. The summed E-state index contributed by atoms with van der Waals surface area (Å²) in [5.41, 5.74) is 5.24. The van der Waals surface area contributed by atoms with Crippen molar-refractivity contribution in [3.05, 3.63) is 107 Å². The molecule has 0 aliphatic carbocycles. The smallest absolute Gasteiger partial charge is 0.251 e. The summed E-state index contributed by atoms with van der Waals surface area (Å²) < 4.78 is 0. The Morgan fingerprint density at radius 3 is 2.39 bits per heavy atom. The highest BCUT2D eigenvalue weighted by atomic mass is 32.2. The van der Waals surface area contributed by atoms with Gasteiger partial charge in [0.15, 0.2) is 0 Å². The average molecular weight is 459 g/mol. The van der Waals surface area contributed by atoms with Gasteiger partial charge < -0.3 is 10.2 Å². The fraction of sp³-hybridized carbons (Fsp3) is 0.286. The van der Waals surface area contributed by atoms with E-state index in [2.05, 4.69) is 55.6 Å². The molecule has 2 amide bonds. The minimum Gasteiger partial charge on any atom is -0.345 e. The summed E-state index contributed by atoms with van der Waals surface area (Å²) in [5, 5.41) is 3.15. The van der Waals surface area contributed by atoms with Crippen molar-refractivity contribution in [2.75, 3.05) is 12.3 Å². The molecule has 3 aromatic carbocycles. The Labute approximate surface area is 200 Å². The van der Waals surface area contributed by atoms with Gasteiger partial charge in [0.2, 0.25) is 5.91 Å². The Morgan fingerprint density at radius 1 is 1.03 bits per heavy atom. The first-order valence-corrected chi connectivity index (χ1v) is 12.5. The summed E-state index contributed by atoms with van der Waals surface area (Å²) in [4.78, 5) is 27.3. The van der Waals surface area contributed by atoms with E-state index in [4.69, 9.17) is 0 Å². The Kier molecular flexibility index (Phi) is 7.50. The van der Waals surface area contributed by atoms with Crippen LogP contribution in [0.2, 0.25) is 0 Å². The largest absolute Gasteiger partial charge is 0.345 e. The lowest BCUT2D eigenvalue weighted by Crippen LogP contribution is -2.30. The molecule has 0 saturated carbocycles. The number of carbonyl (C=O) groups excluding carboxylic acids is 2. The van der Waals surface area contributed by atoms with Crippen molar-refractivity contribution in [2.45, 2.75) is 38.1 Å². The summed E-state index contributed by atoms with van der Waals surface area (Å²) in [5.74, 6) is 0.591. The van der Waals surface area contributed by atoms with E-state index in [0.717, 1.165) is 24.0 Å². The van der Waals surface area contributed by atoms with Crippen molar-refractivity contribution in [1.82, 2.24) is 10.2 Å². The van der Waals surface area contributed by atoms with Crippen molar-refractivity contribution in [3.63, 3.8) is 0 Å². The molecule has 1 aliphatic rings. The van der Waals surface area contributed by atoms with Crippen LogP contribution in [0.3, 0.4) is 0 Å². The number of hydrogen-bond donors (Lipinski definition) is 1. The van der Waals surface area contributed by atoms with E-state index in [9.17, 15) is 9.59 Å². The zero-order valence-corrected chi connectivity index (χ0v) is 20.0. The molecule has 170 valence electrons. The van der Waals surface area contributed by atoms with Gasteiger partial charge in [-0.1, -0.05) is 79.2 Å². The second-order valence-corrected chi connectivity index (χ2v) is 9.52. The average Bonchev–Trinajstić information content (AvgIpc) is 3.22. The quantitative estimate of drug-likeness (QED) is 0.472. The van der Waals surface area contributed by atoms with Crippen LogP contribution in [0.4, 0.5) is 0 Å². The summed E-state index contributed by atoms with van der Waals surface area (Å²) >= 11 is 1.65. The van der Waals surface area contributed by atoms with Gasteiger partial charge in [0, 0.05) is 12.1 Å². The van der Waals surface area contributed by atoms with Gasteiger partial charge in [-0.3, -0.25) is 9.59 Å². The second kappa shape index (κ2) is 10.7. The van der Waals surface area contributed by atoms with Crippen LogP contribution < -0.4 is 5.32 Å². The third-order valence-electron chi connectivity index (χ3n) is 6.10. The van der Waals surface area contributed by atoms with Gasteiger partial charge >= 0.3 is 0 Å². The van der Waals surface area contributed by atoms with Gasteiger partial charge in [-0.25, -0.2) is 0 Å². The van der Waals surface area contributed by atoms with Crippen LogP contribution in [0.15, 0.2) is 78.9 Å². The SMILES string of the molecule is CC[C@@H](NC(=O)c1ccc([C@@H]2SCC(=O)N2CCc2ccccc2)cc1)c1ccc(C)cc1. The van der Waals surface area contributed by atoms with Crippen molar-refractivity contribution >= 4 is 23.6 Å². The molecule has 1 aliphatic heterocycles. The number of benzene rings is 3. The van der Waals surface area contributed by atoms with Gasteiger partial charge in [0.05, 0.1) is 11.8 Å². The maximum Gasteiger partial charge on any atom is 0.251 e. The molecule has 4 nitrogen and oxygen atoms in total. The van der Waals surface area contributed by atoms with Crippen molar-refractivity contribution in [2.24, 2.45) is 0 Å². The van der Waals surface area contributed by atoms with Crippen LogP contribution in [-0.2, 0) is 11.2 Å². The Balaban J connectivity index is 1.41. The van der Waals surface area contributed by atoms with E-state index >= 15 is 0 Å². The topological polar surface area (TPSA) is 49.4 Å². The number of carbonyl (C=O) groups is 2. The van der Waals surface area contributed by atoms with Gasteiger partial charge in [-0.15, -0.1) is 11.8 Å². The Bertz CT molecular complexity index is 1080. The second-order valence-electron chi connectivity index (χ2n) is 8.45. The van der Waals surface area contributed by atoms with Crippen molar-refractivity contribution < 1.29 is 9.59 Å². The Hall–Kier alpha value is -3.05. The minimum absolute atomic E-state index is 0.00530. The molecule has 0 unspecified atom stereocenters.